The van der Waals surface area contributed by atoms with Gasteiger partial charge >= 0.3 is 0 Å². The maximum absolute atomic E-state index is 13.7. The van der Waals surface area contributed by atoms with Crippen LogP contribution in [0.2, 0.25) is 5.02 Å². The zero-order chi connectivity index (χ0) is 17.1. The van der Waals surface area contributed by atoms with Crippen molar-refractivity contribution in [3.8, 4) is 5.69 Å². The molecule has 6 nitrogen and oxygen atoms in total. The van der Waals surface area contributed by atoms with E-state index in [1.807, 2.05) is 0 Å². The first-order valence-corrected chi connectivity index (χ1v) is 7.19. The number of nitrogens with zero attached hydrogens (tertiary/aromatic N) is 4. The average Bonchev–Trinajstić information content (AvgIpc) is 3.01. The standard InChI is InChI=1S/C15H10ClF2N5O/c16-11-5-2-6-12(18)14(11)15(24)19-8-13-20-21-22-23(13)10-4-1-3-9(17)7-10/h1-7H,8H2,(H,19,24). The Bertz CT molecular complexity index is 879. The van der Waals surface area contributed by atoms with Crippen LogP contribution in [-0.2, 0) is 6.54 Å². The van der Waals surface area contributed by atoms with E-state index in [0.717, 1.165) is 6.07 Å². The number of nitrogens with one attached hydrogen (secondary N) is 1. The summed E-state index contributed by atoms with van der Waals surface area (Å²) in [5, 5.41) is 13.5. The molecule has 1 N–H and O–H groups in total. The second-order valence-corrected chi connectivity index (χ2v) is 5.17. The Balaban J connectivity index is 1.79. The van der Waals surface area contributed by atoms with Crippen molar-refractivity contribution in [2.24, 2.45) is 0 Å². The summed E-state index contributed by atoms with van der Waals surface area (Å²) in [5.41, 5.74) is 0.136. The summed E-state index contributed by atoms with van der Waals surface area (Å²) in [5.74, 6) is -1.63. The van der Waals surface area contributed by atoms with Gasteiger partial charge in [-0.25, -0.2) is 8.78 Å². The zero-order valence-corrected chi connectivity index (χ0v) is 12.8. The molecule has 9 heteroatoms. The number of hydrogen-bond donors (Lipinski definition) is 1. The van der Waals surface area contributed by atoms with Crippen LogP contribution in [0, 0.1) is 11.6 Å². The van der Waals surface area contributed by atoms with Gasteiger partial charge in [-0.2, -0.15) is 4.68 Å². The van der Waals surface area contributed by atoms with E-state index in [4.69, 9.17) is 11.6 Å². The maximum atomic E-state index is 13.7. The third kappa shape index (κ3) is 3.23. The van der Waals surface area contributed by atoms with E-state index < -0.39 is 17.5 Å². The molecule has 0 saturated heterocycles. The number of benzene rings is 2. The summed E-state index contributed by atoms with van der Waals surface area (Å²) in [6.07, 6.45) is 0. The Morgan fingerprint density at radius 3 is 2.75 bits per heavy atom. The van der Waals surface area contributed by atoms with E-state index in [1.54, 1.807) is 6.07 Å². The first-order chi connectivity index (χ1) is 11.6. The molecule has 122 valence electrons. The predicted octanol–water partition coefficient (Wildman–Crippen LogP) is 2.52. The maximum Gasteiger partial charge on any atom is 0.256 e. The van der Waals surface area contributed by atoms with Crippen molar-refractivity contribution in [1.29, 1.82) is 0 Å². The van der Waals surface area contributed by atoms with E-state index in [1.165, 1.54) is 35.0 Å². The van der Waals surface area contributed by atoms with Crippen molar-refractivity contribution in [1.82, 2.24) is 25.5 Å². The van der Waals surface area contributed by atoms with Crippen LogP contribution in [0.1, 0.15) is 16.2 Å². The third-order valence-corrected chi connectivity index (χ3v) is 3.50. The summed E-state index contributed by atoms with van der Waals surface area (Å²) in [4.78, 5) is 12.1. The second kappa shape index (κ2) is 6.71. The van der Waals surface area contributed by atoms with Gasteiger partial charge in [0.25, 0.3) is 5.91 Å². The Kier molecular flexibility index (Phi) is 4.48. The molecule has 3 aromatic rings. The van der Waals surface area contributed by atoms with Gasteiger partial charge in [0.05, 0.1) is 22.8 Å². The molecule has 1 amide bonds. The molecule has 0 unspecified atom stereocenters. The molecule has 1 heterocycles. The van der Waals surface area contributed by atoms with Gasteiger partial charge in [0.15, 0.2) is 5.82 Å². The molecular formula is C15H10ClF2N5O. The smallest absolute Gasteiger partial charge is 0.256 e. The summed E-state index contributed by atoms with van der Waals surface area (Å²) in [7, 11) is 0. The minimum absolute atomic E-state index is 0.00257. The fourth-order valence-corrected chi connectivity index (χ4v) is 2.34. The molecule has 0 bridgehead atoms. The van der Waals surface area contributed by atoms with Gasteiger partial charge in [0, 0.05) is 0 Å². The molecule has 0 spiro atoms. The van der Waals surface area contributed by atoms with Gasteiger partial charge in [-0.3, -0.25) is 4.79 Å². The molecule has 0 aliphatic carbocycles. The van der Waals surface area contributed by atoms with Crippen LogP contribution in [0.4, 0.5) is 8.78 Å². The van der Waals surface area contributed by atoms with Crippen LogP contribution in [0.3, 0.4) is 0 Å². The fraction of sp³-hybridized carbons (Fsp3) is 0.0667. The van der Waals surface area contributed by atoms with Crippen LogP contribution < -0.4 is 5.32 Å². The summed E-state index contributed by atoms with van der Waals surface area (Å²) < 4.78 is 28.3. The van der Waals surface area contributed by atoms with Crippen molar-refractivity contribution in [3.05, 3.63) is 70.5 Å². The first kappa shape index (κ1) is 16.0. The number of carbonyl (C=O) groups excluding carboxylic acids is 1. The monoisotopic (exact) mass is 349 g/mol. The Hall–Kier alpha value is -2.87. The quantitative estimate of drug-likeness (QED) is 0.785. The second-order valence-electron chi connectivity index (χ2n) is 4.77. The molecule has 2 aromatic carbocycles. The third-order valence-electron chi connectivity index (χ3n) is 3.18. The van der Waals surface area contributed by atoms with E-state index >= 15 is 0 Å². The molecule has 1 aromatic heterocycles. The van der Waals surface area contributed by atoms with Crippen LogP contribution in [0.15, 0.2) is 42.5 Å². The molecule has 0 saturated carbocycles. The Morgan fingerprint density at radius 2 is 2.00 bits per heavy atom. The normalized spacial score (nSPS) is 10.6. The SMILES string of the molecule is O=C(NCc1nnnn1-c1cccc(F)c1)c1c(F)cccc1Cl. The van der Waals surface area contributed by atoms with Crippen LogP contribution >= 0.6 is 11.6 Å². The number of hydrogen-bond acceptors (Lipinski definition) is 4. The molecule has 0 aliphatic heterocycles. The van der Waals surface area contributed by atoms with E-state index in [9.17, 15) is 13.6 Å². The summed E-state index contributed by atoms with van der Waals surface area (Å²) in [6.45, 7) is -0.0903. The van der Waals surface area contributed by atoms with Crippen molar-refractivity contribution >= 4 is 17.5 Å². The lowest BCUT2D eigenvalue weighted by molar-refractivity contribution is 0.0945. The summed E-state index contributed by atoms with van der Waals surface area (Å²) in [6, 6.07) is 9.60. The Labute approximate surface area is 140 Å². The van der Waals surface area contributed by atoms with Gasteiger partial charge in [-0.1, -0.05) is 23.7 Å². The largest absolute Gasteiger partial charge is 0.345 e. The number of rotatable bonds is 4. The molecule has 0 fully saturated rings. The number of carbonyl (C=O) groups is 1. The number of tetrazole rings is 1. The van der Waals surface area contributed by atoms with Crippen molar-refractivity contribution in [2.45, 2.75) is 6.54 Å². The number of aromatic nitrogens is 4. The van der Waals surface area contributed by atoms with Crippen molar-refractivity contribution in [3.63, 3.8) is 0 Å². The molecular weight excluding hydrogens is 340 g/mol. The van der Waals surface area contributed by atoms with E-state index in [2.05, 4.69) is 20.8 Å². The highest BCUT2D eigenvalue weighted by molar-refractivity contribution is 6.33. The fourth-order valence-electron chi connectivity index (χ4n) is 2.09. The lowest BCUT2D eigenvalue weighted by Gasteiger charge is -2.08. The molecule has 0 aliphatic rings. The predicted molar refractivity (Wildman–Crippen MR) is 81.7 cm³/mol. The highest BCUT2D eigenvalue weighted by Crippen LogP contribution is 2.18. The summed E-state index contributed by atoms with van der Waals surface area (Å²) >= 11 is 5.84. The number of halogens is 3. The number of amides is 1. The van der Waals surface area contributed by atoms with Crippen molar-refractivity contribution in [2.75, 3.05) is 0 Å². The van der Waals surface area contributed by atoms with Crippen LogP contribution in [-0.4, -0.2) is 26.1 Å². The van der Waals surface area contributed by atoms with Gasteiger partial charge in [0.2, 0.25) is 0 Å². The van der Waals surface area contributed by atoms with E-state index in [0.29, 0.717) is 5.69 Å². The lowest BCUT2D eigenvalue weighted by Crippen LogP contribution is -2.26. The lowest BCUT2D eigenvalue weighted by atomic mass is 10.2. The zero-order valence-electron chi connectivity index (χ0n) is 12.1. The van der Waals surface area contributed by atoms with Crippen molar-refractivity contribution < 1.29 is 13.6 Å². The van der Waals surface area contributed by atoms with Gasteiger partial charge in [0.1, 0.15) is 11.6 Å². The van der Waals surface area contributed by atoms with Crippen LogP contribution in [0.25, 0.3) is 5.69 Å². The minimum atomic E-state index is -0.732. The molecule has 0 atom stereocenters. The highest BCUT2D eigenvalue weighted by atomic mass is 35.5. The van der Waals surface area contributed by atoms with E-state index in [-0.39, 0.29) is 23.0 Å². The average molecular weight is 350 g/mol. The molecule has 3 rings (SSSR count). The van der Waals surface area contributed by atoms with Gasteiger partial charge in [-0.05, 0) is 40.8 Å². The minimum Gasteiger partial charge on any atom is -0.345 e. The van der Waals surface area contributed by atoms with Crippen LogP contribution in [0.5, 0.6) is 0 Å². The molecule has 24 heavy (non-hydrogen) atoms. The topological polar surface area (TPSA) is 72.7 Å². The van der Waals surface area contributed by atoms with Gasteiger partial charge < -0.3 is 5.32 Å². The highest BCUT2D eigenvalue weighted by Gasteiger charge is 2.17. The van der Waals surface area contributed by atoms with Gasteiger partial charge in [-0.15, -0.1) is 5.10 Å². The molecule has 0 radical (unpaired) electrons. The Morgan fingerprint density at radius 1 is 1.21 bits per heavy atom. The first-order valence-electron chi connectivity index (χ1n) is 6.81.